The Hall–Kier alpha value is -3.11. The molecule has 4 nitrogen and oxygen atoms in total. The normalized spacial score (nSPS) is 18.2. The Labute approximate surface area is 216 Å². The number of likely N-dealkylation sites (tertiary alicyclic amines) is 1. The molecule has 0 amide bonds. The smallest absolute Gasteiger partial charge is 0.198 e. The molecule has 0 unspecified atom stereocenters. The van der Waals surface area contributed by atoms with E-state index in [1.54, 1.807) is 0 Å². The molecule has 5 rings (SSSR count). The fourth-order valence-electron chi connectivity index (χ4n) is 6.09. The molecular weight excluding hydrogens is 444 g/mol. The molecule has 1 fully saturated rings. The molecule has 0 aliphatic carbocycles. The van der Waals surface area contributed by atoms with E-state index in [0.29, 0.717) is 12.5 Å². The lowest BCUT2D eigenvalue weighted by Gasteiger charge is -2.40. The maximum absolute atomic E-state index is 6.45. The van der Waals surface area contributed by atoms with E-state index in [1.165, 1.54) is 22.3 Å². The van der Waals surface area contributed by atoms with Gasteiger partial charge < -0.3 is 14.4 Å². The molecule has 0 saturated carbocycles. The molecule has 2 heterocycles. The van der Waals surface area contributed by atoms with Crippen LogP contribution >= 0.6 is 0 Å². The van der Waals surface area contributed by atoms with Crippen LogP contribution in [0.25, 0.3) is 0 Å². The Morgan fingerprint density at radius 1 is 1.03 bits per heavy atom. The minimum atomic E-state index is -0.411. The van der Waals surface area contributed by atoms with Crippen LogP contribution < -0.4 is 4.74 Å². The average Bonchev–Trinajstić information content (AvgIpc) is 3.60. The third kappa shape index (κ3) is 4.79. The third-order valence-corrected chi connectivity index (χ3v) is 7.80. The monoisotopic (exact) mass is 482 g/mol. The van der Waals surface area contributed by atoms with Crippen molar-refractivity contribution in [1.82, 2.24) is 4.90 Å². The highest BCUT2D eigenvalue weighted by molar-refractivity contribution is 5.92. The summed E-state index contributed by atoms with van der Waals surface area (Å²) in [5, 5.41) is 0. The Bertz CT molecular complexity index is 1120. The predicted molar refractivity (Wildman–Crippen MR) is 147 cm³/mol. The number of rotatable bonds is 9. The largest absolute Gasteiger partial charge is 0.493 e. The van der Waals surface area contributed by atoms with E-state index in [9.17, 15) is 0 Å². The van der Waals surface area contributed by atoms with Crippen molar-refractivity contribution >= 4 is 5.90 Å². The van der Waals surface area contributed by atoms with Crippen molar-refractivity contribution in [2.75, 3.05) is 39.9 Å². The second kappa shape index (κ2) is 11.3. The molecule has 0 aromatic heterocycles. The van der Waals surface area contributed by atoms with Crippen LogP contribution in [0.1, 0.15) is 42.0 Å². The summed E-state index contributed by atoms with van der Waals surface area (Å²) in [4.78, 5) is 7.44. The summed E-state index contributed by atoms with van der Waals surface area (Å²) in [5.41, 5.74) is 4.88. The number of fused-ring (bicyclic) bond motifs is 1. The molecule has 1 saturated heterocycles. The van der Waals surface area contributed by atoms with E-state index in [2.05, 4.69) is 90.7 Å². The first kappa shape index (κ1) is 24.6. The number of aliphatic imine (C=N–C) groups is 1. The van der Waals surface area contributed by atoms with Gasteiger partial charge in [-0.05, 0) is 60.0 Å². The lowest BCUT2D eigenvalue weighted by Crippen LogP contribution is -2.47. The summed E-state index contributed by atoms with van der Waals surface area (Å²) in [6, 6.07) is 28.5. The van der Waals surface area contributed by atoms with Crippen molar-refractivity contribution < 1.29 is 9.47 Å². The van der Waals surface area contributed by atoms with Gasteiger partial charge in [0, 0.05) is 26.6 Å². The zero-order chi connectivity index (χ0) is 24.8. The van der Waals surface area contributed by atoms with Crippen LogP contribution in [0.5, 0.6) is 5.75 Å². The lowest BCUT2D eigenvalue weighted by molar-refractivity contribution is 0.246. The molecule has 0 N–H and O–H groups in total. The fraction of sp³-hybridized carbons (Fsp3) is 0.406. The zero-order valence-corrected chi connectivity index (χ0v) is 21.7. The van der Waals surface area contributed by atoms with Crippen molar-refractivity contribution in [1.29, 1.82) is 0 Å². The lowest BCUT2D eigenvalue weighted by atomic mass is 9.65. The van der Waals surface area contributed by atoms with Gasteiger partial charge in [-0.25, -0.2) is 0 Å². The first-order chi connectivity index (χ1) is 17.8. The number of ether oxygens (including phenoxy) is 2. The van der Waals surface area contributed by atoms with E-state index in [0.717, 1.165) is 63.6 Å². The van der Waals surface area contributed by atoms with Gasteiger partial charge in [-0.1, -0.05) is 79.7 Å². The first-order valence-corrected chi connectivity index (χ1v) is 13.4. The second-order valence-corrected chi connectivity index (χ2v) is 9.99. The van der Waals surface area contributed by atoms with E-state index >= 15 is 0 Å². The van der Waals surface area contributed by atoms with Gasteiger partial charge in [0.25, 0.3) is 0 Å². The Balaban J connectivity index is 1.44. The molecular formula is C32H38N2O2. The Morgan fingerprint density at radius 3 is 2.42 bits per heavy atom. The molecule has 4 heteroatoms. The molecule has 188 valence electrons. The van der Waals surface area contributed by atoms with Crippen molar-refractivity contribution in [3.63, 3.8) is 0 Å². The van der Waals surface area contributed by atoms with Gasteiger partial charge in [0.1, 0.15) is 5.75 Å². The van der Waals surface area contributed by atoms with Crippen molar-refractivity contribution in [2.24, 2.45) is 10.9 Å². The standard InChI is InChI=1S/C32H38N2O2/c1-3-21-36-31(33-2)32(27-10-6-4-7-11-27,28-12-8-5-9-13-28)29-17-20-34(24-29)19-16-25-14-15-30-26(23-25)18-22-35-30/h4-15,23,29H,3,16-22,24H2,1-2H3/b33-31-/t29-/m1/s1. The quantitative estimate of drug-likeness (QED) is 0.280. The minimum Gasteiger partial charge on any atom is -0.493 e. The SMILES string of the molecule is CCCO/C(=N\C)C(c1ccccc1)(c1ccccc1)[C@@H]1CCN(CCc2ccc3c(c2)CCO3)C1. The maximum Gasteiger partial charge on any atom is 0.198 e. The van der Waals surface area contributed by atoms with Gasteiger partial charge >= 0.3 is 0 Å². The van der Waals surface area contributed by atoms with Gasteiger partial charge in [-0.3, -0.25) is 4.99 Å². The summed E-state index contributed by atoms with van der Waals surface area (Å²) in [5.74, 6) is 2.27. The topological polar surface area (TPSA) is 34.1 Å². The Morgan fingerprint density at radius 2 is 1.75 bits per heavy atom. The number of nitrogens with zero attached hydrogens (tertiary/aromatic N) is 2. The molecule has 0 bridgehead atoms. The van der Waals surface area contributed by atoms with Crippen LogP contribution in [0.3, 0.4) is 0 Å². The highest BCUT2D eigenvalue weighted by atomic mass is 16.5. The van der Waals surface area contributed by atoms with Crippen LogP contribution in [0.2, 0.25) is 0 Å². The van der Waals surface area contributed by atoms with Gasteiger partial charge in [-0.15, -0.1) is 0 Å². The summed E-state index contributed by atoms with van der Waals surface area (Å²) < 4.78 is 12.1. The molecule has 3 aromatic rings. The van der Waals surface area contributed by atoms with Gasteiger partial charge in [0.15, 0.2) is 5.90 Å². The van der Waals surface area contributed by atoms with Crippen molar-refractivity contribution in [3.8, 4) is 5.75 Å². The average molecular weight is 483 g/mol. The summed E-state index contributed by atoms with van der Waals surface area (Å²) >= 11 is 0. The van der Waals surface area contributed by atoms with E-state index in [1.807, 2.05) is 7.05 Å². The van der Waals surface area contributed by atoms with Crippen LogP contribution in [-0.4, -0.2) is 50.7 Å². The van der Waals surface area contributed by atoms with Crippen LogP contribution in [-0.2, 0) is 23.0 Å². The van der Waals surface area contributed by atoms with Gasteiger partial charge in [0.05, 0.1) is 18.6 Å². The predicted octanol–water partition coefficient (Wildman–Crippen LogP) is 5.93. The summed E-state index contributed by atoms with van der Waals surface area (Å²) in [6.07, 6.45) is 4.16. The van der Waals surface area contributed by atoms with E-state index in [-0.39, 0.29) is 0 Å². The number of benzene rings is 3. The number of hydrogen-bond donors (Lipinski definition) is 0. The first-order valence-electron chi connectivity index (χ1n) is 13.4. The van der Waals surface area contributed by atoms with Crippen LogP contribution in [0, 0.1) is 5.92 Å². The Kier molecular flexibility index (Phi) is 7.72. The minimum absolute atomic E-state index is 0.367. The van der Waals surface area contributed by atoms with Crippen LogP contribution in [0.15, 0.2) is 83.9 Å². The van der Waals surface area contributed by atoms with Crippen molar-refractivity contribution in [3.05, 3.63) is 101 Å². The molecule has 2 aliphatic heterocycles. The third-order valence-electron chi connectivity index (χ3n) is 7.80. The van der Waals surface area contributed by atoms with Crippen LogP contribution in [0.4, 0.5) is 0 Å². The summed E-state index contributed by atoms with van der Waals surface area (Å²) in [6.45, 7) is 6.81. The molecule has 1 atom stereocenters. The summed E-state index contributed by atoms with van der Waals surface area (Å²) in [7, 11) is 1.88. The van der Waals surface area contributed by atoms with Gasteiger partial charge in [-0.2, -0.15) is 0 Å². The molecule has 2 aliphatic rings. The van der Waals surface area contributed by atoms with Gasteiger partial charge in [0.2, 0.25) is 0 Å². The maximum atomic E-state index is 6.45. The highest BCUT2D eigenvalue weighted by Crippen LogP contribution is 2.45. The van der Waals surface area contributed by atoms with Crippen molar-refractivity contribution in [2.45, 2.75) is 38.0 Å². The molecule has 3 aromatic carbocycles. The molecule has 0 spiro atoms. The highest BCUT2D eigenvalue weighted by Gasteiger charge is 2.50. The van der Waals surface area contributed by atoms with E-state index in [4.69, 9.17) is 14.5 Å². The number of hydrogen-bond acceptors (Lipinski definition) is 4. The van der Waals surface area contributed by atoms with E-state index < -0.39 is 5.41 Å². The fourth-order valence-corrected chi connectivity index (χ4v) is 6.09. The molecule has 0 radical (unpaired) electrons. The molecule has 36 heavy (non-hydrogen) atoms. The second-order valence-electron chi connectivity index (χ2n) is 9.99. The zero-order valence-electron chi connectivity index (χ0n) is 21.7.